The second kappa shape index (κ2) is 5.40. The lowest BCUT2D eigenvalue weighted by Gasteiger charge is -2.17. The molecule has 2 N–H and O–H groups in total. The van der Waals surface area contributed by atoms with E-state index in [0.717, 1.165) is 23.3 Å². The molecule has 1 aromatic carbocycles. The number of aromatic nitrogens is 1. The molecular weight excluding hydrogens is 326 g/mol. The third-order valence-corrected chi connectivity index (χ3v) is 4.44. The van der Waals surface area contributed by atoms with Gasteiger partial charge >= 0.3 is 0 Å². The van der Waals surface area contributed by atoms with E-state index < -0.39 is 0 Å². The number of amides is 1. The van der Waals surface area contributed by atoms with Gasteiger partial charge in [0.25, 0.3) is 5.91 Å². The molecule has 1 aliphatic heterocycles. The highest BCUT2D eigenvalue weighted by molar-refractivity contribution is 9.11. The molecule has 0 spiro atoms. The lowest BCUT2D eigenvalue weighted by atomic mass is 9.98. The molecule has 0 saturated carbocycles. The van der Waals surface area contributed by atoms with E-state index >= 15 is 0 Å². The van der Waals surface area contributed by atoms with E-state index in [1.54, 1.807) is 6.20 Å². The summed E-state index contributed by atoms with van der Waals surface area (Å²) in [5.74, 6) is -0.116. The largest absolute Gasteiger partial charge is 0.312 e. The van der Waals surface area contributed by atoms with Crippen molar-refractivity contribution in [2.24, 2.45) is 0 Å². The molecule has 1 aliphatic rings. The number of fused-ring (bicyclic) bond motifs is 1. The van der Waals surface area contributed by atoms with Crippen LogP contribution >= 0.6 is 27.3 Å². The van der Waals surface area contributed by atoms with Crippen molar-refractivity contribution >= 4 is 38.3 Å². The molecular formula is C13H12BrN3OS. The fraction of sp³-hybridized carbons (Fsp3) is 0.231. The Morgan fingerprint density at radius 3 is 3.11 bits per heavy atom. The molecule has 19 heavy (non-hydrogen) atoms. The molecule has 2 aromatic rings. The standard InChI is InChI=1S/C13H12BrN3OS/c14-11-7-16-13(19-11)17-12(18)9-2-1-8-3-4-15-6-10(8)5-9/h1-2,5,7,15H,3-4,6H2,(H,16,17,18). The monoisotopic (exact) mass is 337 g/mol. The third-order valence-electron chi connectivity index (χ3n) is 3.05. The van der Waals surface area contributed by atoms with E-state index in [4.69, 9.17) is 0 Å². The van der Waals surface area contributed by atoms with Gasteiger partial charge in [-0.15, -0.1) is 0 Å². The lowest BCUT2D eigenvalue weighted by Crippen LogP contribution is -2.24. The first-order chi connectivity index (χ1) is 9.22. The molecule has 6 heteroatoms. The maximum Gasteiger partial charge on any atom is 0.257 e. The predicted molar refractivity (Wildman–Crippen MR) is 79.6 cm³/mol. The van der Waals surface area contributed by atoms with Crippen LogP contribution in [0.5, 0.6) is 0 Å². The normalized spacial score (nSPS) is 13.9. The maximum absolute atomic E-state index is 12.1. The van der Waals surface area contributed by atoms with Gasteiger partial charge in [0.05, 0.1) is 9.98 Å². The molecule has 98 valence electrons. The van der Waals surface area contributed by atoms with Gasteiger partial charge in [0.1, 0.15) is 0 Å². The quantitative estimate of drug-likeness (QED) is 0.885. The summed E-state index contributed by atoms with van der Waals surface area (Å²) >= 11 is 4.72. The van der Waals surface area contributed by atoms with Gasteiger partial charge in [-0.1, -0.05) is 17.4 Å². The first kappa shape index (κ1) is 12.8. The highest BCUT2D eigenvalue weighted by atomic mass is 79.9. The summed E-state index contributed by atoms with van der Waals surface area (Å²) in [6.07, 6.45) is 2.70. The molecule has 0 aliphatic carbocycles. The molecule has 3 rings (SSSR count). The van der Waals surface area contributed by atoms with Crippen LogP contribution in [0.15, 0.2) is 28.2 Å². The van der Waals surface area contributed by atoms with Crippen LogP contribution in [-0.4, -0.2) is 17.4 Å². The van der Waals surface area contributed by atoms with Crippen molar-refractivity contribution in [3.63, 3.8) is 0 Å². The first-order valence-corrected chi connectivity index (χ1v) is 7.58. The number of benzene rings is 1. The van der Waals surface area contributed by atoms with Crippen LogP contribution in [0.25, 0.3) is 0 Å². The van der Waals surface area contributed by atoms with E-state index in [-0.39, 0.29) is 5.91 Å². The van der Waals surface area contributed by atoms with E-state index in [1.165, 1.54) is 22.5 Å². The van der Waals surface area contributed by atoms with Crippen molar-refractivity contribution in [2.75, 3.05) is 11.9 Å². The van der Waals surface area contributed by atoms with Crippen molar-refractivity contribution in [1.29, 1.82) is 0 Å². The molecule has 1 aromatic heterocycles. The van der Waals surface area contributed by atoms with Gasteiger partial charge in [-0.3, -0.25) is 10.1 Å². The fourth-order valence-electron chi connectivity index (χ4n) is 2.10. The number of nitrogens with zero attached hydrogens (tertiary/aromatic N) is 1. The van der Waals surface area contributed by atoms with Crippen molar-refractivity contribution in [2.45, 2.75) is 13.0 Å². The van der Waals surface area contributed by atoms with E-state index in [2.05, 4.69) is 31.5 Å². The van der Waals surface area contributed by atoms with E-state index in [9.17, 15) is 4.79 Å². The van der Waals surface area contributed by atoms with Crippen LogP contribution in [-0.2, 0) is 13.0 Å². The van der Waals surface area contributed by atoms with Gasteiger partial charge in [0.2, 0.25) is 0 Å². The minimum absolute atomic E-state index is 0.116. The second-order valence-corrected chi connectivity index (χ2v) is 6.74. The van der Waals surface area contributed by atoms with Crippen molar-refractivity contribution in [3.8, 4) is 0 Å². The summed E-state index contributed by atoms with van der Waals surface area (Å²) in [6, 6.07) is 5.88. The average molecular weight is 338 g/mol. The molecule has 0 radical (unpaired) electrons. The highest BCUT2D eigenvalue weighted by Crippen LogP contribution is 2.24. The number of anilines is 1. The van der Waals surface area contributed by atoms with Crippen LogP contribution < -0.4 is 10.6 Å². The highest BCUT2D eigenvalue weighted by Gasteiger charge is 2.13. The van der Waals surface area contributed by atoms with Crippen LogP contribution in [0.2, 0.25) is 0 Å². The Morgan fingerprint density at radius 1 is 1.42 bits per heavy atom. The van der Waals surface area contributed by atoms with Crippen molar-refractivity contribution in [3.05, 3.63) is 44.9 Å². The number of rotatable bonds is 2. The minimum atomic E-state index is -0.116. The summed E-state index contributed by atoms with van der Waals surface area (Å²) < 4.78 is 0.900. The molecule has 0 saturated heterocycles. The number of nitrogens with one attached hydrogen (secondary N) is 2. The second-order valence-electron chi connectivity index (χ2n) is 4.33. The minimum Gasteiger partial charge on any atom is -0.312 e. The molecule has 0 bridgehead atoms. The third kappa shape index (κ3) is 2.86. The summed E-state index contributed by atoms with van der Waals surface area (Å²) in [6.45, 7) is 1.84. The summed E-state index contributed by atoms with van der Waals surface area (Å²) in [5, 5.41) is 6.72. The number of carbonyl (C=O) groups is 1. The molecule has 4 nitrogen and oxygen atoms in total. The van der Waals surface area contributed by atoms with E-state index in [1.807, 2.05) is 18.2 Å². The van der Waals surface area contributed by atoms with E-state index in [0.29, 0.717) is 10.7 Å². The van der Waals surface area contributed by atoms with Gasteiger partial charge in [-0.25, -0.2) is 4.98 Å². The average Bonchev–Trinajstić information content (AvgIpc) is 2.83. The molecule has 0 atom stereocenters. The van der Waals surface area contributed by atoms with Crippen molar-refractivity contribution < 1.29 is 4.79 Å². The Bertz CT molecular complexity index is 626. The zero-order chi connectivity index (χ0) is 13.2. The number of hydrogen-bond donors (Lipinski definition) is 2. The Hall–Kier alpha value is -1.24. The Labute approximate surface area is 123 Å². The maximum atomic E-state index is 12.1. The summed E-state index contributed by atoms with van der Waals surface area (Å²) in [7, 11) is 0. The lowest BCUT2D eigenvalue weighted by molar-refractivity contribution is 0.102. The zero-order valence-electron chi connectivity index (χ0n) is 10.1. The zero-order valence-corrected chi connectivity index (χ0v) is 12.5. The Kier molecular flexibility index (Phi) is 3.63. The fourth-order valence-corrected chi connectivity index (χ4v) is 3.20. The molecule has 0 unspecified atom stereocenters. The number of halogens is 1. The number of hydrogen-bond acceptors (Lipinski definition) is 4. The van der Waals surface area contributed by atoms with Crippen LogP contribution in [0.4, 0.5) is 5.13 Å². The van der Waals surface area contributed by atoms with Crippen molar-refractivity contribution in [1.82, 2.24) is 10.3 Å². The molecule has 0 fully saturated rings. The number of carbonyl (C=O) groups excluding carboxylic acids is 1. The SMILES string of the molecule is O=C(Nc1ncc(Br)s1)c1ccc2c(c1)CNCC2. The van der Waals surface area contributed by atoms with Gasteiger partial charge in [-0.05, 0) is 52.2 Å². The Balaban J connectivity index is 1.80. The predicted octanol–water partition coefficient (Wildman–Crippen LogP) is 2.80. The first-order valence-electron chi connectivity index (χ1n) is 5.97. The topological polar surface area (TPSA) is 54.0 Å². The summed E-state index contributed by atoms with van der Waals surface area (Å²) in [4.78, 5) is 16.2. The summed E-state index contributed by atoms with van der Waals surface area (Å²) in [5.41, 5.74) is 3.21. The van der Waals surface area contributed by atoms with Gasteiger partial charge in [0, 0.05) is 12.1 Å². The smallest absolute Gasteiger partial charge is 0.257 e. The van der Waals surface area contributed by atoms with Gasteiger partial charge in [0.15, 0.2) is 5.13 Å². The van der Waals surface area contributed by atoms with Crippen LogP contribution in [0, 0.1) is 0 Å². The molecule has 2 heterocycles. The van der Waals surface area contributed by atoms with Crippen LogP contribution in [0.1, 0.15) is 21.5 Å². The van der Waals surface area contributed by atoms with Gasteiger partial charge < -0.3 is 5.32 Å². The molecule has 1 amide bonds. The van der Waals surface area contributed by atoms with Gasteiger partial charge in [-0.2, -0.15) is 0 Å². The van der Waals surface area contributed by atoms with Crippen LogP contribution in [0.3, 0.4) is 0 Å². The Morgan fingerprint density at radius 2 is 2.32 bits per heavy atom. The number of thiazole rings is 1.